The highest BCUT2D eigenvalue weighted by Crippen LogP contribution is 2.47. The van der Waals surface area contributed by atoms with Crippen LogP contribution in [0.1, 0.15) is 63.5 Å². The highest BCUT2D eigenvalue weighted by Gasteiger charge is 2.41. The van der Waals surface area contributed by atoms with Crippen molar-refractivity contribution in [2.75, 3.05) is 31.8 Å². The molecule has 0 saturated heterocycles. The number of methoxy groups -OCH3 is 1. The predicted molar refractivity (Wildman–Crippen MR) is 158 cm³/mol. The zero-order valence-electron chi connectivity index (χ0n) is 24.2. The zero-order chi connectivity index (χ0) is 29.5. The molecule has 2 atom stereocenters. The number of ketones is 1. The van der Waals surface area contributed by atoms with Gasteiger partial charge in [0, 0.05) is 42.0 Å². The number of thioether (sulfide) groups is 1. The van der Waals surface area contributed by atoms with E-state index in [1.807, 2.05) is 38.1 Å². The van der Waals surface area contributed by atoms with Crippen LogP contribution in [0.5, 0.6) is 17.2 Å². The Morgan fingerprint density at radius 2 is 1.76 bits per heavy atom. The summed E-state index contributed by atoms with van der Waals surface area (Å²) in [5.41, 5.74) is 4.12. The molecule has 0 radical (unpaired) electrons. The van der Waals surface area contributed by atoms with Gasteiger partial charge in [0.15, 0.2) is 17.3 Å². The fraction of sp³-hybridized carbons (Fsp3) is 0.406. The average Bonchev–Trinajstić information content (AvgIpc) is 2.95. The number of hydrogen-bond acceptors (Lipinski definition) is 9. The minimum atomic E-state index is -0.660. The first-order valence-electron chi connectivity index (χ1n) is 13.8. The molecule has 1 aliphatic heterocycles. The first kappa shape index (κ1) is 30.2. The average molecular weight is 580 g/mol. The lowest BCUT2D eigenvalue weighted by molar-refractivity contribution is -0.138. The van der Waals surface area contributed by atoms with Crippen LogP contribution in [0.25, 0.3) is 0 Å². The van der Waals surface area contributed by atoms with Crippen molar-refractivity contribution in [1.29, 1.82) is 0 Å². The van der Waals surface area contributed by atoms with Crippen LogP contribution in [-0.2, 0) is 19.1 Å². The van der Waals surface area contributed by atoms with Crippen LogP contribution >= 0.6 is 11.8 Å². The van der Waals surface area contributed by atoms with Crippen molar-refractivity contribution in [2.24, 2.45) is 0 Å². The van der Waals surface area contributed by atoms with Crippen molar-refractivity contribution in [3.8, 4) is 17.2 Å². The molecule has 2 aromatic rings. The third kappa shape index (κ3) is 6.96. The normalized spacial score (nSPS) is 18.4. The van der Waals surface area contributed by atoms with E-state index < -0.39 is 17.9 Å². The van der Waals surface area contributed by atoms with Gasteiger partial charge in [-0.05, 0) is 67.3 Å². The summed E-state index contributed by atoms with van der Waals surface area (Å²) < 4.78 is 22.1. The molecule has 0 bridgehead atoms. The molecule has 41 heavy (non-hydrogen) atoms. The van der Waals surface area contributed by atoms with Gasteiger partial charge in [0.25, 0.3) is 0 Å². The van der Waals surface area contributed by atoms with E-state index >= 15 is 0 Å². The Bertz CT molecular complexity index is 1360. The number of rotatable bonds is 11. The summed E-state index contributed by atoms with van der Waals surface area (Å²) in [6.45, 7) is 7.67. The number of esters is 2. The zero-order valence-corrected chi connectivity index (χ0v) is 25.0. The smallest absolute Gasteiger partial charge is 0.336 e. The Balaban J connectivity index is 1.76. The Morgan fingerprint density at radius 1 is 1.02 bits per heavy atom. The van der Waals surface area contributed by atoms with Gasteiger partial charge < -0.3 is 24.3 Å². The number of allylic oxidation sites excluding steroid dienone is 3. The van der Waals surface area contributed by atoms with Gasteiger partial charge in [-0.2, -0.15) is 11.8 Å². The molecule has 0 amide bonds. The number of hydrogen-bond donors (Lipinski definition) is 1. The monoisotopic (exact) mass is 579 g/mol. The third-order valence-electron chi connectivity index (χ3n) is 7.15. The number of Topliss-reactive ketones (excluding diaryl/α,β-unsaturated/α-hetero) is 1. The third-order valence-corrected chi connectivity index (χ3v) is 8.02. The molecule has 8 nitrogen and oxygen atoms in total. The van der Waals surface area contributed by atoms with Gasteiger partial charge >= 0.3 is 11.9 Å². The van der Waals surface area contributed by atoms with E-state index in [-0.39, 0.29) is 24.1 Å². The molecule has 0 spiro atoms. The molecule has 2 unspecified atom stereocenters. The maximum Gasteiger partial charge on any atom is 0.336 e. The van der Waals surface area contributed by atoms with Crippen molar-refractivity contribution in [3.05, 3.63) is 76.1 Å². The Hall–Kier alpha value is -3.72. The second-order valence-corrected chi connectivity index (χ2v) is 11.2. The molecular weight excluding hydrogens is 542 g/mol. The predicted octanol–water partition coefficient (Wildman–Crippen LogP) is 5.68. The summed E-state index contributed by atoms with van der Waals surface area (Å²) >= 11 is 1.69. The van der Waals surface area contributed by atoms with Gasteiger partial charge in [0.2, 0.25) is 0 Å². The van der Waals surface area contributed by atoms with Gasteiger partial charge in [-0.15, -0.1) is 0 Å². The van der Waals surface area contributed by atoms with Gasteiger partial charge in [0.05, 0.1) is 19.3 Å². The lowest BCUT2D eigenvalue weighted by Crippen LogP contribution is -2.36. The molecule has 0 saturated carbocycles. The lowest BCUT2D eigenvalue weighted by atomic mass is 9.71. The van der Waals surface area contributed by atoms with Crippen LogP contribution in [0.4, 0.5) is 0 Å². The lowest BCUT2D eigenvalue weighted by Gasteiger charge is -2.37. The summed E-state index contributed by atoms with van der Waals surface area (Å²) in [4.78, 5) is 39.1. The number of ether oxygens (including phenoxy) is 4. The van der Waals surface area contributed by atoms with Crippen LogP contribution in [0, 0.1) is 0 Å². The molecule has 9 heteroatoms. The highest BCUT2D eigenvalue weighted by molar-refractivity contribution is 7.99. The first-order valence-corrected chi connectivity index (χ1v) is 15.0. The minimum Gasteiger partial charge on any atom is -0.497 e. The van der Waals surface area contributed by atoms with E-state index in [1.165, 1.54) is 6.92 Å². The van der Waals surface area contributed by atoms with E-state index in [0.717, 1.165) is 22.8 Å². The molecule has 0 aromatic heterocycles. The Morgan fingerprint density at radius 3 is 2.41 bits per heavy atom. The summed E-state index contributed by atoms with van der Waals surface area (Å²) in [5.74, 6) is 1.38. The molecule has 4 rings (SSSR count). The Kier molecular flexibility index (Phi) is 10.2. The first-order chi connectivity index (χ1) is 19.8. The fourth-order valence-electron chi connectivity index (χ4n) is 5.38. The van der Waals surface area contributed by atoms with Gasteiger partial charge in [-0.1, -0.05) is 25.1 Å². The number of dihydropyridines is 1. The van der Waals surface area contributed by atoms with Crippen molar-refractivity contribution < 1.29 is 33.3 Å². The standard InChI is InChI=1S/C32H37NO7S/c1-6-38-28-18-22(10-13-27(28)40-20(4)34)30-29(32(36)39-14-15-41-7-2)19(3)33-25-16-23(17-26(35)31(25)30)21-8-11-24(37-5)12-9-21/h8-13,18,23,30,33H,6-7,14-17H2,1-5H3. The second kappa shape index (κ2) is 13.8. The molecule has 1 heterocycles. The van der Waals surface area contributed by atoms with Crippen molar-refractivity contribution in [1.82, 2.24) is 5.32 Å². The van der Waals surface area contributed by atoms with E-state index in [9.17, 15) is 14.4 Å². The quantitative estimate of drug-likeness (QED) is 0.205. The van der Waals surface area contributed by atoms with E-state index in [4.69, 9.17) is 18.9 Å². The molecule has 2 aromatic carbocycles. The molecule has 0 fully saturated rings. The minimum absolute atomic E-state index is 0.0157. The van der Waals surface area contributed by atoms with E-state index in [1.54, 1.807) is 37.1 Å². The molecule has 1 N–H and O–H groups in total. The van der Waals surface area contributed by atoms with Crippen molar-refractivity contribution >= 4 is 29.5 Å². The number of nitrogens with one attached hydrogen (secondary N) is 1. The second-order valence-electron chi connectivity index (χ2n) is 9.86. The van der Waals surface area contributed by atoms with Crippen molar-refractivity contribution in [2.45, 2.75) is 52.4 Å². The van der Waals surface area contributed by atoms with Crippen LogP contribution < -0.4 is 19.5 Å². The van der Waals surface area contributed by atoms with Crippen LogP contribution in [0.2, 0.25) is 0 Å². The maximum absolute atomic E-state index is 13.9. The van der Waals surface area contributed by atoms with Crippen molar-refractivity contribution in [3.63, 3.8) is 0 Å². The van der Waals surface area contributed by atoms with E-state index in [2.05, 4.69) is 12.2 Å². The van der Waals surface area contributed by atoms with E-state index in [0.29, 0.717) is 53.4 Å². The molecule has 2 aliphatic rings. The van der Waals surface area contributed by atoms with Gasteiger partial charge in [0.1, 0.15) is 12.4 Å². The topological polar surface area (TPSA) is 100 Å². The summed E-state index contributed by atoms with van der Waals surface area (Å²) in [5, 5.41) is 3.39. The molecular formula is C32H37NO7S. The number of benzene rings is 2. The van der Waals surface area contributed by atoms with Gasteiger partial charge in [-0.25, -0.2) is 4.79 Å². The van der Waals surface area contributed by atoms with Crippen LogP contribution in [-0.4, -0.2) is 49.6 Å². The number of carbonyl (C=O) groups is 3. The van der Waals surface area contributed by atoms with Crippen LogP contribution in [0.15, 0.2) is 65.0 Å². The Labute approximate surface area is 245 Å². The van der Waals surface area contributed by atoms with Crippen LogP contribution in [0.3, 0.4) is 0 Å². The molecule has 1 aliphatic carbocycles. The summed E-state index contributed by atoms with van der Waals surface area (Å²) in [6.07, 6.45) is 0.919. The highest BCUT2D eigenvalue weighted by atomic mass is 32.2. The molecule has 218 valence electrons. The number of carbonyl (C=O) groups excluding carboxylic acids is 3. The van der Waals surface area contributed by atoms with Gasteiger partial charge in [-0.3, -0.25) is 9.59 Å². The summed E-state index contributed by atoms with van der Waals surface area (Å²) in [6, 6.07) is 13.0. The largest absolute Gasteiger partial charge is 0.497 e. The SMILES string of the molecule is CCOc1cc(C2C(C(=O)OCCSCC)=C(C)NC3=C2C(=O)CC(c2ccc(OC)cc2)C3)ccc1OC(C)=O. The maximum atomic E-state index is 13.9. The summed E-state index contributed by atoms with van der Waals surface area (Å²) in [7, 11) is 1.62. The fourth-order valence-corrected chi connectivity index (χ4v) is 5.87.